The van der Waals surface area contributed by atoms with Crippen LogP contribution in [0.3, 0.4) is 0 Å². The van der Waals surface area contributed by atoms with Gasteiger partial charge in [0, 0.05) is 63.3 Å². The molecule has 0 unspecified atom stereocenters. The zero-order valence-corrected chi connectivity index (χ0v) is 19.2. The molecule has 2 aliphatic heterocycles. The van der Waals surface area contributed by atoms with Crippen LogP contribution in [0.25, 0.3) is 0 Å². The second-order valence-corrected chi connectivity index (χ2v) is 9.68. The molecule has 2 aromatic heterocycles. The number of hydrogen-bond donors (Lipinski definition) is 0. The van der Waals surface area contributed by atoms with E-state index in [4.69, 9.17) is 4.98 Å². The molecule has 7 heteroatoms. The fraction of sp³-hybridized carbons (Fsp3) is 0.423. The third kappa shape index (κ3) is 4.17. The summed E-state index contributed by atoms with van der Waals surface area (Å²) in [5, 5.41) is 0. The van der Waals surface area contributed by atoms with Crippen LogP contribution in [0.15, 0.2) is 61.3 Å². The number of halogens is 1. The van der Waals surface area contributed by atoms with Gasteiger partial charge in [0.25, 0.3) is 0 Å². The summed E-state index contributed by atoms with van der Waals surface area (Å²) in [5.41, 5.74) is 2.60. The molecule has 4 heterocycles. The van der Waals surface area contributed by atoms with Crippen molar-refractivity contribution < 1.29 is 9.18 Å². The van der Waals surface area contributed by atoms with Gasteiger partial charge in [-0.1, -0.05) is 18.2 Å². The highest BCUT2D eigenvalue weighted by atomic mass is 19.1. The molecule has 3 aromatic rings. The maximum Gasteiger partial charge on any atom is 0.231 e. The van der Waals surface area contributed by atoms with Crippen molar-refractivity contribution in [1.82, 2.24) is 24.3 Å². The van der Waals surface area contributed by atoms with Gasteiger partial charge in [0.2, 0.25) is 5.91 Å². The monoisotopic (exact) mass is 447 g/mol. The van der Waals surface area contributed by atoms with Crippen LogP contribution in [0.2, 0.25) is 0 Å². The Balaban J connectivity index is 1.42. The highest BCUT2D eigenvalue weighted by Crippen LogP contribution is 2.50. The lowest BCUT2D eigenvalue weighted by atomic mass is 9.75. The lowest BCUT2D eigenvalue weighted by Gasteiger charge is -2.28. The average Bonchev–Trinajstić information content (AvgIpc) is 3.51. The smallest absolute Gasteiger partial charge is 0.231 e. The SMILES string of the molecule is CC(C)n1cnc([C@@H]2CN(Cc3ccc(F)cc3)C[C@]23CCN(Cc2cccnc2)C3=O)c1. The van der Waals surface area contributed by atoms with E-state index < -0.39 is 5.41 Å². The summed E-state index contributed by atoms with van der Waals surface area (Å²) >= 11 is 0. The number of aromatic nitrogens is 3. The summed E-state index contributed by atoms with van der Waals surface area (Å²) in [6, 6.07) is 10.9. The van der Waals surface area contributed by atoms with E-state index in [9.17, 15) is 9.18 Å². The summed E-state index contributed by atoms with van der Waals surface area (Å²) in [7, 11) is 0. The van der Waals surface area contributed by atoms with E-state index in [1.54, 1.807) is 6.20 Å². The average molecular weight is 448 g/mol. The molecule has 2 fully saturated rings. The van der Waals surface area contributed by atoms with Crippen LogP contribution in [-0.2, 0) is 17.9 Å². The first-order valence-corrected chi connectivity index (χ1v) is 11.6. The van der Waals surface area contributed by atoms with Gasteiger partial charge >= 0.3 is 0 Å². The minimum atomic E-state index is -0.488. The molecule has 0 bridgehead atoms. The summed E-state index contributed by atoms with van der Waals surface area (Å²) in [5.74, 6) is 0.00663. The number of pyridine rings is 1. The summed E-state index contributed by atoms with van der Waals surface area (Å²) in [6.07, 6.45) is 8.38. The van der Waals surface area contributed by atoms with Crippen molar-refractivity contribution in [2.24, 2.45) is 5.41 Å². The fourth-order valence-electron chi connectivity index (χ4n) is 5.36. The summed E-state index contributed by atoms with van der Waals surface area (Å²) in [6.45, 7) is 7.73. The Kier molecular flexibility index (Phi) is 5.74. The molecule has 1 amide bonds. The topological polar surface area (TPSA) is 54.3 Å². The molecule has 2 saturated heterocycles. The molecule has 6 nitrogen and oxygen atoms in total. The van der Waals surface area contributed by atoms with E-state index in [0.29, 0.717) is 25.7 Å². The van der Waals surface area contributed by atoms with Gasteiger partial charge in [-0.05, 0) is 49.6 Å². The number of amides is 1. The Morgan fingerprint density at radius 3 is 2.67 bits per heavy atom. The van der Waals surface area contributed by atoms with Crippen molar-refractivity contribution in [2.45, 2.75) is 45.3 Å². The maximum absolute atomic E-state index is 13.9. The van der Waals surface area contributed by atoms with E-state index in [1.165, 1.54) is 12.1 Å². The molecular weight excluding hydrogens is 417 g/mol. The quantitative estimate of drug-likeness (QED) is 0.573. The molecule has 1 aromatic carbocycles. The number of carbonyl (C=O) groups is 1. The minimum absolute atomic E-state index is 0.0318. The van der Waals surface area contributed by atoms with Crippen LogP contribution >= 0.6 is 0 Å². The molecular formula is C26H30FN5O. The van der Waals surface area contributed by atoms with E-state index in [1.807, 2.05) is 41.7 Å². The number of imidazole rings is 1. The molecule has 33 heavy (non-hydrogen) atoms. The Morgan fingerprint density at radius 1 is 1.15 bits per heavy atom. The Morgan fingerprint density at radius 2 is 1.97 bits per heavy atom. The van der Waals surface area contributed by atoms with Crippen molar-refractivity contribution in [1.29, 1.82) is 0 Å². The van der Waals surface area contributed by atoms with Crippen molar-refractivity contribution in [3.05, 3.63) is 84.0 Å². The highest BCUT2D eigenvalue weighted by Gasteiger charge is 2.57. The largest absolute Gasteiger partial charge is 0.338 e. The zero-order valence-electron chi connectivity index (χ0n) is 19.2. The molecule has 0 radical (unpaired) electrons. The van der Waals surface area contributed by atoms with Gasteiger partial charge in [-0.25, -0.2) is 9.37 Å². The summed E-state index contributed by atoms with van der Waals surface area (Å²) < 4.78 is 15.5. The zero-order chi connectivity index (χ0) is 23.0. The Hall–Kier alpha value is -3.06. The second kappa shape index (κ2) is 8.71. The van der Waals surface area contributed by atoms with Gasteiger partial charge < -0.3 is 9.47 Å². The molecule has 2 atom stereocenters. The normalized spacial score (nSPS) is 23.3. The highest BCUT2D eigenvalue weighted by molar-refractivity contribution is 5.86. The number of hydrogen-bond acceptors (Lipinski definition) is 4. The molecule has 0 aliphatic carbocycles. The number of nitrogens with zero attached hydrogens (tertiary/aromatic N) is 5. The third-order valence-corrected chi connectivity index (χ3v) is 7.14. The second-order valence-electron chi connectivity index (χ2n) is 9.68. The first kappa shape index (κ1) is 21.8. The standard InChI is InChI=1S/C26H30FN5O/c1-19(2)32-16-24(29-18-32)23-15-30(13-20-5-7-22(27)8-6-20)17-26(23)9-11-31(25(26)33)14-21-4-3-10-28-12-21/h3-8,10,12,16,18-19,23H,9,11,13-15,17H2,1-2H3/t23-,26+/m0/s1. The molecule has 1 spiro atoms. The van der Waals surface area contributed by atoms with Gasteiger partial charge in [0.1, 0.15) is 5.82 Å². The van der Waals surface area contributed by atoms with E-state index >= 15 is 0 Å². The van der Waals surface area contributed by atoms with Crippen molar-refractivity contribution in [3.8, 4) is 0 Å². The molecule has 0 saturated carbocycles. The van der Waals surface area contributed by atoms with Gasteiger partial charge in [0.05, 0.1) is 17.4 Å². The first-order valence-electron chi connectivity index (χ1n) is 11.6. The number of rotatable bonds is 6. The van der Waals surface area contributed by atoms with Crippen LogP contribution in [-0.4, -0.2) is 49.9 Å². The molecule has 172 valence electrons. The lowest BCUT2D eigenvalue weighted by molar-refractivity contribution is -0.136. The number of likely N-dealkylation sites (tertiary alicyclic amines) is 2. The molecule has 0 N–H and O–H groups in total. The predicted octanol–water partition coefficient (Wildman–Crippen LogP) is 4.02. The van der Waals surface area contributed by atoms with Crippen LogP contribution in [0.4, 0.5) is 4.39 Å². The lowest BCUT2D eigenvalue weighted by Crippen LogP contribution is -2.39. The predicted molar refractivity (Wildman–Crippen MR) is 124 cm³/mol. The fourth-order valence-corrected chi connectivity index (χ4v) is 5.36. The van der Waals surface area contributed by atoms with Gasteiger partial charge in [-0.15, -0.1) is 0 Å². The number of benzene rings is 1. The third-order valence-electron chi connectivity index (χ3n) is 7.14. The summed E-state index contributed by atoms with van der Waals surface area (Å²) in [4.78, 5) is 27.1. The van der Waals surface area contributed by atoms with Crippen molar-refractivity contribution >= 4 is 5.91 Å². The van der Waals surface area contributed by atoms with Crippen LogP contribution in [0.1, 0.15) is 49.0 Å². The van der Waals surface area contributed by atoms with Gasteiger partial charge in [0.15, 0.2) is 0 Å². The Labute approximate surface area is 194 Å². The van der Waals surface area contributed by atoms with E-state index in [2.05, 4.69) is 34.5 Å². The van der Waals surface area contributed by atoms with Gasteiger partial charge in [-0.2, -0.15) is 0 Å². The maximum atomic E-state index is 13.9. The number of carbonyl (C=O) groups excluding carboxylic acids is 1. The Bertz CT molecular complexity index is 1110. The van der Waals surface area contributed by atoms with E-state index in [-0.39, 0.29) is 17.6 Å². The van der Waals surface area contributed by atoms with E-state index in [0.717, 1.165) is 36.3 Å². The molecule has 5 rings (SSSR count). The van der Waals surface area contributed by atoms with Crippen LogP contribution < -0.4 is 0 Å². The van der Waals surface area contributed by atoms with Crippen molar-refractivity contribution in [3.63, 3.8) is 0 Å². The van der Waals surface area contributed by atoms with Crippen LogP contribution in [0.5, 0.6) is 0 Å². The van der Waals surface area contributed by atoms with Crippen LogP contribution in [0, 0.1) is 11.2 Å². The first-order chi connectivity index (χ1) is 15.9. The van der Waals surface area contributed by atoms with Crippen molar-refractivity contribution in [2.75, 3.05) is 19.6 Å². The molecule has 2 aliphatic rings. The minimum Gasteiger partial charge on any atom is -0.338 e. The van der Waals surface area contributed by atoms with Gasteiger partial charge in [-0.3, -0.25) is 14.7 Å².